The first-order chi connectivity index (χ1) is 17.4. The number of aromatic nitrogens is 1. The Bertz CT molecular complexity index is 1190. The van der Waals surface area contributed by atoms with Gasteiger partial charge in [-0.1, -0.05) is 6.92 Å². The van der Waals surface area contributed by atoms with Gasteiger partial charge in [0.05, 0.1) is 25.8 Å². The Morgan fingerprint density at radius 3 is 2.83 bits per heavy atom. The van der Waals surface area contributed by atoms with Gasteiger partial charge in [0.1, 0.15) is 11.5 Å². The molecule has 1 atom stereocenters. The molecule has 0 radical (unpaired) electrons. The molecular formula is C27H34F2N4O3. The molecule has 2 aliphatic rings. The van der Waals surface area contributed by atoms with Crippen molar-refractivity contribution in [2.24, 2.45) is 0 Å². The third-order valence-corrected chi connectivity index (χ3v) is 6.90. The molecule has 0 aliphatic carbocycles. The van der Waals surface area contributed by atoms with Crippen molar-refractivity contribution in [2.45, 2.75) is 44.6 Å². The third kappa shape index (κ3) is 5.57. The highest BCUT2D eigenvalue weighted by Crippen LogP contribution is 2.38. The second-order valence-corrected chi connectivity index (χ2v) is 9.61. The van der Waals surface area contributed by atoms with Crippen LogP contribution in [0, 0.1) is 0 Å². The van der Waals surface area contributed by atoms with Gasteiger partial charge in [-0.15, -0.1) is 0 Å². The van der Waals surface area contributed by atoms with Crippen LogP contribution in [0.15, 0.2) is 34.7 Å². The van der Waals surface area contributed by atoms with Crippen molar-refractivity contribution in [3.8, 4) is 23.0 Å². The molecule has 2 saturated heterocycles. The molecule has 1 aromatic carbocycles. The first-order valence-electron chi connectivity index (χ1n) is 12.8. The number of methoxy groups -OCH3 is 1. The van der Waals surface area contributed by atoms with Crippen LogP contribution in [0.25, 0.3) is 22.4 Å². The Labute approximate surface area is 210 Å². The quantitative estimate of drug-likeness (QED) is 0.382. The molecule has 36 heavy (non-hydrogen) atoms. The Kier molecular flexibility index (Phi) is 7.29. The van der Waals surface area contributed by atoms with Crippen molar-refractivity contribution < 1.29 is 22.7 Å². The zero-order valence-corrected chi connectivity index (χ0v) is 20.9. The van der Waals surface area contributed by atoms with Gasteiger partial charge in [-0.2, -0.15) is 0 Å². The summed E-state index contributed by atoms with van der Waals surface area (Å²) in [5, 5.41) is 8.01. The number of rotatable bonds is 10. The molecule has 5 rings (SSSR count). The van der Waals surface area contributed by atoms with Crippen LogP contribution in [0.1, 0.15) is 31.9 Å². The smallest absolute Gasteiger partial charge is 0.261 e. The van der Waals surface area contributed by atoms with Gasteiger partial charge in [-0.3, -0.25) is 4.90 Å². The number of halogens is 2. The number of likely N-dealkylation sites (tertiary alicyclic amines) is 1. The van der Waals surface area contributed by atoms with Gasteiger partial charge in [0, 0.05) is 55.7 Å². The summed E-state index contributed by atoms with van der Waals surface area (Å²) in [6.07, 6.45) is 2.44. The standard InChI is InChI=1S/C27H34F2N4O3/c1-3-19-5-6-24(36-19)23-14-21(31-18-7-9-30-16-18)20-13-25(34-2)26(15-22(20)32-23)35-12-4-10-33-11-8-27(28,29)17-33/h5-6,13-15,18,30H,3-4,7-12,16-17H2,1-2H3,(H,31,32). The fourth-order valence-corrected chi connectivity index (χ4v) is 4.92. The number of pyridine rings is 1. The predicted molar refractivity (Wildman–Crippen MR) is 136 cm³/mol. The van der Waals surface area contributed by atoms with Gasteiger partial charge in [0.15, 0.2) is 17.3 Å². The zero-order chi connectivity index (χ0) is 25.1. The molecule has 0 spiro atoms. The summed E-state index contributed by atoms with van der Waals surface area (Å²) in [7, 11) is 1.62. The van der Waals surface area contributed by atoms with Crippen LogP contribution in [-0.4, -0.2) is 68.3 Å². The van der Waals surface area contributed by atoms with Gasteiger partial charge < -0.3 is 24.5 Å². The maximum absolute atomic E-state index is 13.4. The topological polar surface area (TPSA) is 71.8 Å². The fourth-order valence-electron chi connectivity index (χ4n) is 4.92. The van der Waals surface area contributed by atoms with E-state index in [1.54, 1.807) is 12.0 Å². The van der Waals surface area contributed by atoms with Gasteiger partial charge in [0.2, 0.25) is 0 Å². The van der Waals surface area contributed by atoms with Gasteiger partial charge in [0.25, 0.3) is 5.92 Å². The van der Waals surface area contributed by atoms with E-state index in [-0.39, 0.29) is 13.0 Å². The summed E-state index contributed by atoms with van der Waals surface area (Å²) in [5.41, 5.74) is 2.49. The molecule has 0 bridgehead atoms. The average Bonchev–Trinajstić information content (AvgIpc) is 3.62. The lowest BCUT2D eigenvalue weighted by atomic mass is 10.1. The summed E-state index contributed by atoms with van der Waals surface area (Å²) in [4.78, 5) is 6.69. The molecule has 2 aliphatic heterocycles. The van der Waals surface area contributed by atoms with Gasteiger partial charge in [-0.05, 0) is 43.7 Å². The molecule has 0 saturated carbocycles. The second-order valence-electron chi connectivity index (χ2n) is 9.61. The summed E-state index contributed by atoms with van der Waals surface area (Å²) in [6.45, 7) is 5.19. The molecule has 0 amide bonds. The van der Waals surface area contributed by atoms with Gasteiger partial charge >= 0.3 is 0 Å². The maximum atomic E-state index is 13.4. The lowest BCUT2D eigenvalue weighted by molar-refractivity contribution is 0.0118. The molecule has 4 heterocycles. The summed E-state index contributed by atoms with van der Waals surface area (Å²) >= 11 is 0. The maximum Gasteiger partial charge on any atom is 0.261 e. The van der Waals surface area contributed by atoms with Crippen LogP contribution in [0.2, 0.25) is 0 Å². The molecule has 1 unspecified atom stereocenters. The van der Waals surface area contributed by atoms with Crippen LogP contribution >= 0.6 is 0 Å². The minimum atomic E-state index is -2.57. The van der Waals surface area contributed by atoms with E-state index in [2.05, 4.69) is 17.6 Å². The number of nitrogens with one attached hydrogen (secondary N) is 2. The number of hydrogen-bond donors (Lipinski definition) is 2. The van der Waals surface area contributed by atoms with Crippen LogP contribution in [0.3, 0.4) is 0 Å². The minimum Gasteiger partial charge on any atom is -0.493 e. The normalized spacial score (nSPS) is 19.7. The van der Waals surface area contributed by atoms with E-state index >= 15 is 0 Å². The number of furan rings is 1. The first-order valence-corrected chi connectivity index (χ1v) is 12.8. The molecule has 2 fully saturated rings. The van der Waals surface area contributed by atoms with Crippen molar-refractivity contribution in [2.75, 3.05) is 51.8 Å². The highest BCUT2D eigenvalue weighted by atomic mass is 19.3. The highest BCUT2D eigenvalue weighted by molar-refractivity contribution is 5.95. The lowest BCUT2D eigenvalue weighted by Crippen LogP contribution is -2.27. The number of benzene rings is 1. The van der Waals surface area contributed by atoms with E-state index in [4.69, 9.17) is 18.9 Å². The number of fused-ring (bicyclic) bond motifs is 1. The minimum absolute atomic E-state index is 0.0664. The number of ether oxygens (including phenoxy) is 2. The van der Waals surface area contributed by atoms with Crippen molar-refractivity contribution in [1.82, 2.24) is 15.2 Å². The molecular weight excluding hydrogens is 466 g/mol. The van der Waals surface area contributed by atoms with Crippen LogP contribution in [0.4, 0.5) is 14.5 Å². The van der Waals surface area contributed by atoms with Crippen molar-refractivity contribution in [3.63, 3.8) is 0 Å². The zero-order valence-electron chi connectivity index (χ0n) is 20.9. The third-order valence-electron chi connectivity index (χ3n) is 6.90. The van der Waals surface area contributed by atoms with Crippen LogP contribution in [-0.2, 0) is 6.42 Å². The Hall–Kier alpha value is -2.91. The Balaban J connectivity index is 1.40. The fraction of sp³-hybridized carbons (Fsp3) is 0.519. The Morgan fingerprint density at radius 1 is 1.25 bits per heavy atom. The van der Waals surface area contributed by atoms with E-state index in [9.17, 15) is 8.78 Å². The monoisotopic (exact) mass is 500 g/mol. The summed E-state index contributed by atoms with van der Waals surface area (Å²) < 4.78 is 44.6. The predicted octanol–water partition coefficient (Wildman–Crippen LogP) is 4.95. The largest absolute Gasteiger partial charge is 0.493 e. The SMILES string of the molecule is CCc1ccc(-c2cc(NC3CCNC3)c3cc(OC)c(OCCCN4CCC(F)(F)C4)cc3n2)o1. The molecule has 2 N–H and O–H groups in total. The average molecular weight is 501 g/mol. The van der Waals surface area contributed by atoms with Gasteiger partial charge in [-0.25, -0.2) is 13.8 Å². The molecule has 2 aromatic heterocycles. The highest BCUT2D eigenvalue weighted by Gasteiger charge is 2.37. The second kappa shape index (κ2) is 10.6. The summed E-state index contributed by atoms with van der Waals surface area (Å²) in [5.74, 6) is 0.267. The van der Waals surface area contributed by atoms with E-state index in [0.29, 0.717) is 43.7 Å². The number of nitrogens with zero attached hydrogens (tertiary/aromatic N) is 2. The number of alkyl halides is 2. The molecule has 9 heteroatoms. The first kappa shape index (κ1) is 24.8. The molecule has 194 valence electrons. The van der Waals surface area contributed by atoms with E-state index in [1.807, 2.05) is 30.3 Å². The summed E-state index contributed by atoms with van der Waals surface area (Å²) in [6, 6.07) is 10.1. The Morgan fingerprint density at radius 2 is 2.14 bits per heavy atom. The van der Waals surface area contributed by atoms with Crippen LogP contribution < -0.4 is 20.1 Å². The number of hydrogen-bond acceptors (Lipinski definition) is 7. The molecule has 7 nitrogen and oxygen atoms in total. The lowest BCUT2D eigenvalue weighted by Gasteiger charge is -2.19. The number of aryl methyl sites for hydroxylation is 1. The number of anilines is 1. The molecule has 3 aromatic rings. The van der Waals surface area contributed by atoms with Crippen molar-refractivity contribution >= 4 is 16.6 Å². The van der Waals surface area contributed by atoms with Crippen LogP contribution in [0.5, 0.6) is 11.5 Å². The van der Waals surface area contributed by atoms with Crippen molar-refractivity contribution in [1.29, 1.82) is 0 Å². The van der Waals surface area contributed by atoms with E-state index in [0.717, 1.165) is 59.7 Å². The van der Waals surface area contributed by atoms with E-state index < -0.39 is 5.92 Å². The van der Waals surface area contributed by atoms with Crippen molar-refractivity contribution in [3.05, 3.63) is 36.1 Å². The van der Waals surface area contributed by atoms with E-state index in [1.165, 1.54) is 0 Å².